The van der Waals surface area contributed by atoms with Crippen LogP contribution < -0.4 is 15.0 Å². The molecule has 1 unspecified atom stereocenters. The van der Waals surface area contributed by atoms with E-state index < -0.39 is 0 Å². The summed E-state index contributed by atoms with van der Waals surface area (Å²) in [5, 5.41) is 0. The number of H-pyrrole nitrogens is 1. The van der Waals surface area contributed by atoms with Crippen LogP contribution in [-0.4, -0.2) is 53.1 Å². The molecule has 8 heteroatoms. The van der Waals surface area contributed by atoms with Crippen molar-refractivity contribution in [2.24, 2.45) is 0 Å². The molecule has 1 atom stereocenters. The fourth-order valence-corrected chi connectivity index (χ4v) is 3.72. The van der Waals surface area contributed by atoms with Crippen LogP contribution in [0.3, 0.4) is 0 Å². The van der Waals surface area contributed by atoms with Gasteiger partial charge in [0, 0.05) is 31.3 Å². The summed E-state index contributed by atoms with van der Waals surface area (Å²) in [4.78, 5) is 38.7. The van der Waals surface area contributed by atoms with E-state index in [1.54, 1.807) is 36.4 Å². The van der Waals surface area contributed by atoms with Gasteiger partial charge in [-0.25, -0.2) is 9.97 Å². The average molecular weight is 406 g/mol. The molecular formula is C22H22N4O4. The summed E-state index contributed by atoms with van der Waals surface area (Å²) in [6, 6.07) is 12.2. The summed E-state index contributed by atoms with van der Waals surface area (Å²) >= 11 is 0. The maximum absolute atomic E-state index is 13.0. The van der Waals surface area contributed by atoms with Gasteiger partial charge in [-0.15, -0.1) is 0 Å². The number of carbonyl (C=O) groups is 1. The van der Waals surface area contributed by atoms with Crippen LogP contribution in [0.1, 0.15) is 28.5 Å². The Hall–Kier alpha value is -3.68. The molecule has 8 nitrogen and oxygen atoms in total. The van der Waals surface area contributed by atoms with Crippen molar-refractivity contribution in [3.8, 4) is 22.9 Å². The first-order chi connectivity index (χ1) is 14.6. The lowest BCUT2D eigenvalue weighted by molar-refractivity contribution is 0.0787. The van der Waals surface area contributed by atoms with Crippen LogP contribution in [0.2, 0.25) is 0 Å². The Morgan fingerprint density at radius 1 is 1.17 bits per heavy atom. The first-order valence-electron chi connectivity index (χ1n) is 9.63. The van der Waals surface area contributed by atoms with Gasteiger partial charge in [0.15, 0.2) is 0 Å². The van der Waals surface area contributed by atoms with E-state index in [2.05, 4.69) is 15.0 Å². The van der Waals surface area contributed by atoms with Crippen molar-refractivity contribution in [1.82, 2.24) is 19.9 Å². The number of amides is 1. The molecular weight excluding hydrogens is 384 g/mol. The van der Waals surface area contributed by atoms with E-state index in [9.17, 15) is 9.59 Å². The van der Waals surface area contributed by atoms with Crippen molar-refractivity contribution in [1.29, 1.82) is 0 Å². The Morgan fingerprint density at radius 3 is 2.80 bits per heavy atom. The fourth-order valence-electron chi connectivity index (χ4n) is 3.72. The van der Waals surface area contributed by atoms with E-state index in [0.29, 0.717) is 53.8 Å². The number of benzene rings is 1. The zero-order chi connectivity index (χ0) is 21.1. The molecule has 0 radical (unpaired) electrons. The van der Waals surface area contributed by atoms with Crippen molar-refractivity contribution < 1.29 is 14.3 Å². The monoisotopic (exact) mass is 406 g/mol. The number of rotatable bonds is 5. The Kier molecular flexibility index (Phi) is 5.47. The van der Waals surface area contributed by atoms with Crippen LogP contribution in [0.25, 0.3) is 11.3 Å². The molecule has 1 N–H and O–H groups in total. The number of hydrogen-bond acceptors (Lipinski definition) is 6. The average Bonchev–Trinajstić information content (AvgIpc) is 3.28. The predicted octanol–water partition coefficient (Wildman–Crippen LogP) is 2.48. The number of para-hydroxylation sites is 1. The molecule has 1 amide bonds. The van der Waals surface area contributed by atoms with Gasteiger partial charge in [0.05, 0.1) is 31.0 Å². The number of pyridine rings is 1. The van der Waals surface area contributed by atoms with Crippen LogP contribution in [0.4, 0.5) is 0 Å². The third kappa shape index (κ3) is 3.76. The van der Waals surface area contributed by atoms with Gasteiger partial charge in [0.2, 0.25) is 5.88 Å². The van der Waals surface area contributed by atoms with Gasteiger partial charge in [-0.05, 0) is 30.7 Å². The number of nitrogens with one attached hydrogen (secondary N) is 1. The normalized spacial score (nSPS) is 15.8. The predicted molar refractivity (Wildman–Crippen MR) is 111 cm³/mol. The second-order valence-electron chi connectivity index (χ2n) is 7.01. The van der Waals surface area contributed by atoms with E-state index in [4.69, 9.17) is 9.47 Å². The fraction of sp³-hybridized carbons (Fsp3) is 0.273. The number of likely N-dealkylation sites (tertiary alicyclic amines) is 1. The minimum absolute atomic E-state index is 0.0704. The number of aromatic nitrogens is 3. The van der Waals surface area contributed by atoms with Gasteiger partial charge in [-0.3, -0.25) is 9.59 Å². The van der Waals surface area contributed by atoms with Crippen LogP contribution in [0, 0.1) is 0 Å². The van der Waals surface area contributed by atoms with E-state index >= 15 is 0 Å². The minimum Gasteiger partial charge on any atom is -0.496 e. The topological polar surface area (TPSA) is 97.4 Å². The van der Waals surface area contributed by atoms with Crippen molar-refractivity contribution in [2.45, 2.75) is 12.3 Å². The second kappa shape index (κ2) is 8.36. The molecule has 3 aromatic rings. The zero-order valence-corrected chi connectivity index (χ0v) is 16.8. The zero-order valence-electron chi connectivity index (χ0n) is 16.8. The van der Waals surface area contributed by atoms with Gasteiger partial charge in [0.25, 0.3) is 11.5 Å². The van der Waals surface area contributed by atoms with E-state index in [-0.39, 0.29) is 17.4 Å². The number of hydrogen-bond donors (Lipinski definition) is 1. The summed E-state index contributed by atoms with van der Waals surface area (Å²) in [5.74, 6) is 1.34. The minimum atomic E-state index is -0.254. The molecule has 4 rings (SSSR count). The standard InChI is InChI=1S/C22H22N4O4/c1-29-18-8-4-3-6-16(18)22(28)26-11-9-14(13-26)20-24-17(12-19(27)25-20)15-7-5-10-23-21(15)30-2/h3-8,10,12,14H,9,11,13H2,1-2H3,(H,24,25,27). The Balaban J connectivity index is 1.60. The first kappa shape index (κ1) is 19.6. The lowest BCUT2D eigenvalue weighted by Crippen LogP contribution is -2.29. The number of methoxy groups -OCH3 is 2. The van der Waals surface area contributed by atoms with Crippen molar-refractivity contribution in [2.75, 3.05) is 27.3 Å². The van der Waals surface area contributed by atoms with Crippen molar-refractivity contribution in [3.63, 3.8) is 0 Å². The molecule has 1 aliphatic heterocycles. The molecule has 0 saturated carbocycles. The van der Waals surface area contributed by atoms with Gasteiger partial charge >= 0.3 is 0 Å². The number of aromatic amines is 1. The number of carbonyl (C=O) groups excluding carboxylic acids is 1. The molecule has 3 heterocycles. The summed E-state index contributed by atoms with van der Waals surface area (Å²) in [5.41, 5.74) is 1.41. The molecule has 0 spiro atoms. The van der Waals surface area contributed by atoms with E-state index in [0.717, 1.165) is 0 Å². The molecule has 30 heavy (non-hydrogen) atoms. The Labute approximate surface area is 173 Å². The van der Waals surface area contributed by atoms with Gasteiger partial charge in [-0.1, -0.05) is 12.1 Å². The van der Waals surface area contributed by atoms with Crippen LogP contribution in [0.15, 0.2) is 53.5 Å². The molecule has 1 aromatic carbocycles. The summed E-state index contributed by atoms with van der Waals surface area (Å²) in [7, 11) is 3.07. The third-order valence-electron chi connectivity index (χ3n) is 5.20. The van der Waals surface area contributed by atoms with Crippen molar-refractivity contribution >= 4 is 5.91 Å². The lowest BCUT2D eigenvalue weighted by atomic mass is 10.1. The third-order valence-corrected chi connectivity index (χ3v) is 5.20. The van der Waals surface area contributed by atoms with Gasteiger partial charge < -0.3 is 19.4 Å². The van der Waals surface area contributed by atoms with Gasteiger partial charge in [-0.2, -0.15) is 0 Å². The molecule has 0 bridgehead atoms. The van der Waals surface area contributed by atoms with E-state index in [1.807, 2.05) is 18.2 Å². The molecule has 0 aliphatic carbocycles. The van der Waals surface area contributed by atoms with Crippen LogP contribution in [-0.2, 0) is 0 Å². The Bertz CT molecular complexity index is 1130. The quantitative estimate of drug-likeness (QED) is 0.699. The summed E-state index contributed by atoms with van der Waals surface area (Å²) in [6.07, 6.45) is 2.33. The van der Waals surface area contributed by atoms with E-state index in [1.165, 1.54) is 13.2 Å². The molecule has 1 fully saturated rings. The largest absolute Gasteiger partial charge is 0.496 e. The number of ether oxygens (including phenoxy) is 2. The first-order valence-corrected chi connectivity index (χ1v) is 9.63. The van der Waals surface area contributed by atoms with Crippen LogP contribution in [0.5, 0.6) is 11.6 Å². The SMILES string of the molecule is COc1ccccc1C(=O)N1CCC(c2nc(-c3cccnc3OC)cc(=O)[nH]2)C1. The maximum atomic E-state index is 13.0. The summed E-state index contributed by atoms with van der Waals surface area (Å²) < 4.78 is 10.6. The molecule has 1 saturated heterocycles. The summed E-state index contributed by atoms with van der Waals surface area (Å²) in [6.45, 7) is 1.04. The lowest BCUT2D eigenvalue weighted by Gasteiger charge is -2.18. The maximum Gasteiger partial charge on any atom is 0.257 e. The second-order valence-corrected chi connectivity index (χ2v) is 7.01. The highest BCUT2D eigenvalue weighted by atomic mass is 16.5. The van der Waals surface area contributed by atoms with Crippen LogP contribution >= 0.6 is 0 Å². The highest BCUT2D eigenvalue weighted by Crippen LogP contribution is 2.30. The Morgan fingerprint density at radius 2 is 2.00 bits per heavy atom. The van der Waals surface area contributed by atoms with Crippen molar-refractivity contribution in [3.05, 3.63) is 70.4 Å². The van der Waals surface area contributed by atoms with Gasteiger partial charge in [0.1, 0.15) is 11.6 Å². The molecule has 154 valence electrons. The number of nitrogens with zero attached hydrogens (tertiary/aromatic N) is 3. The highest BCUT2D eigenvalue weighted by Gasteiger charge is 2.31. The highest BCUT2D eigenvalue weighted by molar-refractivity contribution is 5.97. The molecule has 1 aliphatic rings. The smallest absolute Gasteiger partial charge is 0.257 e. The molecule has 2 aromatic heterocycles.